The van der Waals surface area contributed by atoms with Gasteiger partial charge < -0.3 is 15.2 Å². The van der Waals surface area contributed by atoms with Gasteiger partial charge >= 0.3 is 5.97 Å². The predicted octanol–water partition coefficient (Wildman–Crippen LogP) is 1.27. The van der Waals surface area contributed by atoms with Crippen molar-refractivity contribution >= 4 is 28.5 Å². The summed E-state index contributed by atoms with van der Waals surface area (Å²) in [6.07, 6.45) is 1.54. The van der Waals surface area contributed by atoms with Crippen molar-refractivity contribution in [2.45, 2.75) is 0 Å². The Bertz CT molecular complexity index is 612. The van der Waals surface area contributed by atoms with Crippen LogP contribution < -0.4 is 5.32 Å². The molecule has 0 aliphatic heterocycles. The van der Waals surface area contributed by atoms with E-state index in [1.54, 1.807) is 6.07 Å². The van der Waals surface area contributed by atoms with Crippen LogP contribution in [-0.4, -0.2) is 35.2 Å². The molecule has 0 aliphatic carbocycles. The van der Waals surface area contributed by atoms with E-state index < -0.39 is 18.5 Å². The van der Waals surface area contributed by atoms with E-state index >= 15 is 0 Å². The molecule has 6 heteroatoms. The largest absolute Gasteiger partial charge is 0.480 e. The average molecular weight is 260 g/mol. The first-order valence-electron chi connectivity index (χ1n) is 5.59. The van der Waals surface area contributed by atoms with Gasteiger partial charge in [0.1, 0.15) is 13.2 Å². The number of fused-ring (bicyclic) bond motifs is 1. The predicted molar refractivity (Wildman–Crippen MR) is 68.8 cm³/mol. The number of nitrogens with one attached hydrogen (secondary N) is 1. The van der Waals surface area contributed by atoms with Gasteiger partial charge in [0.25, 0.3) is 0 Å². The van der Waals surface area contributed by atoms with Crippen LogP contribution >= 0.6 is 0 Å². The number of carbonyl (C=O) groups is 2. The fourth-order valence-electron chi connectivity index (χ4n) is 1.57. The van der Waals surface area contributed by atoms with Crippen LogP contribution in [-0.2, 0) is 14.3 Å². The average Bonchev–Trinajstić information content (AvgIpc) is 2.38. The van der Waals surface area contributed by atoms with E-state index in [2.05, 4.69) is 15.0 Å². The van der Waals surface area contributed by atoms with E-state index in [1.165, 1.54) is 6.20 Å². The van der Waals surface area contributed by atoms with Gasteiger partial charge in [0, 0.05) is 5.39 Å². The molecule has 0 bridgehead atoms. The molecule has 0 atom stereocenters. The summed E-state index contributed by atoms with van der Waals surface area (Å²) in [5.74, 6) is -1.53. The summed E-state index contributed by atoms with van der Waals surface area (Å²) in [6.45, 7) is -0.803. The number of ether oxygens (including phenoxy) is 1. The number of hydrogen-bond donors (Lipinski definition) is 2. The smallest absolute Gasteiger partial charge is 0.329 e. The highest BCUT2D eigenvalue weighted by molar-refractivity contribution is 5.93. The molecule has 6 nitrogen and oxygen atoms in total. The van der Waals surface area contributed by atoms with Crippen molar-refractivity contribution in [1.82, 2.24) is 4.98 Å². The lowest BCUT2D eigenvalue weighted by molar-refractivity contribution is -0.143. The molecule has 0 unspecified atom stereocenters. The third kappa shape index (κ3) is 3.75. The van der Waals surface area contributed by atoms with Crippen molar-refractivity contribution in [1.29, 1.82) is 0 Å². The molecular weight excluding hydrogens is 248 g/mol. The summed E-state index contributed by atoms with van der Waals surface area (Å²) in [4.78, 5) is 25.9. The lowest BCUT2D eigenvalue weighted by Gasteiger charge is -2.06. The molecule has 1 amide bonds. The lowest BCUT2D eigenvalue weighted by atomic mass is 10.2. The molecule has 1 heterocycles. The Kier molecular flexibility index (Phi) is 4.04. The monoisotopic (exact) mass is 260 g/mol. The van der Waals surface area contributed by atoms with Crippen LogP contribution in [0.25, 0.3) is 10.9 Å². The number of para-hydroxylation sites is 1. The zero-order chi connectivity index (χ0) is 13.7. The molecule has 1 aromatic heterocycles. The van der Waals surface area contributed by atoms with Crippen LogP contribution in [0.2, 0.25) is 0 Å². The van der Waals surface area contributed by atoms with Crippen LogP contribution in [0.4, 0.5) is 5.69 Å². The Labute approximate surface area is 109 Å². The van der Waals surface area contributed by atoms with E-state index in [9.17, 15) is 9.59 Å². The minimum Gasteiger partial charge on any atom is -0.480 e. The van der Waals surface area contributed by atoms with Crippen molar-refractivity contribution in [3.63, 3.8) is 0 Å². The van der Waals surface area contributed by atoms with E-state index in [-0.39, 0.29) is 6.61 Å². The number of pyridine rings is 1. The second kappa shape index (κ2) is 5.92. The van der Waals surface area contributed by atoms with Gasteiger partial charge in [-0.3, -0.25) is 9.78 Å². The van der Waals surface area contributed by atoms with E-state index in [0.29, 0.717) is 5.69 Å². The van der Waals surface area contributed by atoms with Gasteiger partial charge in [0.15, 0.2) is 0 Å². The molecule has 0 radical (unpaired) electrons. The molecule has 1 aromatic carbocycles. The fraction of sp³-hybridized carbons (Fsp3) is 0.154. The maximum atomic E-state index is 11.5. The fourth-order valence-corrected chi connectivity index (χ4v) is 1.57. The molecular formula is C13H12N2O4. The Morgan fingerprint density at radius 2 is 2.05 bits per heavy atom. The molecule has 2 rings (SSSR count). The van der Waals surface area contributed by atoms with Gasteiger partial charge in [-0.15, -0.1) is 0 Å². The number of aromatic nitrogens is 1. The van der Waals surface area contributed by atoms with E-state index in [0.717, 1.165) is 10.9 Å². The summed E-state index contributed by atoms with van der Waals surface area (Å²) < 4.78 is 4.68. The van der Waals surface area contributed by atoms with E-state index in [4.69, 9.17) is 5.11 Å². The van der Waals surface area contributed by atoms with Crippen LogP contribution in [0.3, 0.4) is 0 Å². The first-order chi connectivity index (χ1) is 9.15. The molecule has 0 spiro atoms. The highest BCUT2D eigenvalue weighted by Crippen LogP contribution is 2.15. The topological polar surface area (TPSA) is 88.5 Å². The van der Waals surface area contributed by atoms with Crippen molar-refractivity contribution in [2.24, 2.45) is 0 Å². The number of anilines is 1. The van der Waals surface area contributed by atoms with Crippen LogP contribution in [0.5, 0.6) is 0 Å². The second-order valence-electron chi connectivity index (χ2n) is 3.85. The lowest BCUT2D eigenvalue weighted by Crippen LogP contribution is -2.20. The Balaban J connectivity index is 1.97. The number of aliphatic carboxylic acids is 1. The Morgan fingerprint density at radius 1 is 1.26 bits per heavy atom. The first kappa shape index (κ1) is 13.0. The Morgan fingerprint density at radius 3 is 2.84 bits per heavy atom. The highest BCUT2D eigenvalue weighted by atomic mass is 16.5. The quantitative estimate of drug-likeness (QED) is 0.845. The number of carboxylic acids is 1. The standard InChI is InChI=1S/C13H12N2O4/c16-12(7-19-8-13(17)18)15-10-5-9-3-1-2-4-11(9)14-6-10/h1-6H,7-8H2,(H,15,16)(H,17,18). The maximum Gasteiger partial charge on any atom is 0.329 e. The highest BCUT2D eigenvalue weighted by Gasteiger charge is 2.05. The maximum absolute atomic E-state index is 11.5. The number of hydrogen-bond acceptors (Lipinski definition) is 4. The number of carbonyl (C=O) groups excluding carboxylic acids is 1. The molecule has 0 saturated heterocycles. The number of benzene rings is 1. The van der Waals surface area contributed by atoms with Gasteiger partial charge in [-0.1, -0.05) is 18.2 Å². The molecule has 0 fully saturated rings. The SMILES string of the molecule is O=C(O)COCC(=O)Nc1cnc2ccccc2c1. The minimum atomic E-state index is -1.11. The van der Waals surface area contributed by atoms with Gasteiger partial charge in [-0.05, 0) is 12.1 Å². The van der Waals surface area contributed by atoms with Gasteiger partial charge in [-0.25, -0.2) is 4.79 Å². The van der Waals surface area contributed by atoms with Gasteiger partial charge in [-0.2, -0.15) is 0 Å². The van der Waals surface area contributed by atoms with Gasteiger partial charge in [0.2, 0.25) is 5.91 Å². The Hall–Kier alpha value is -2.47. The number of rotatable bonds is 5. The summed E-state index contributed by atoms with van der Waals surface area (Å²) in [5, 5.41) is 11.9. The zero-order valence-corrected chi connectivity index (χ0v) is 10.00. The molecule has 2 aromatic rings. The second-order valence-corrected chi connectivity index (χ2v) is 3.85. The zero-order valence-electron chi connectivity index (χ0n) is 10.00. The van der Waals surface area contributed by atoms with Crippen molar-refractivity contribution in [3.8, 4) is 0 Å². The van der Waals surface area contributed by atoms with Crippen molar-refractivity contribution < 1.29 is 19.4 Å². The summed E-state index contributed by atoms with van der Waals surface area (Å²) >= 11 is 0. The minimum absolute atomic E-state index is 0.306. The normalized spacial score (nSPS) is 10.3. The van der Waals surface area contributed by atoms with Crippen LogP contribution in [0, 0.1) is 0 Å². The summed E-state index contributed by atoms with van der Waals surface area (Å²) in [7, 11) is 0. The van der Waals surface area contributed by atoms with E-state index in [1.807, 2.05) is 24.3 Å². The first-order valence-corrected chi connectivity index (χ1v) is 5.59. The number of amides is 1. The molecule has 19 heavy (non-hydrogen) atoms. The third-order valence-electron chi connectivity index (χ3n) is 2.33. The number of nitrogens with zero attached hydrogens (tertiary/aromatic N) is 1. The van der Waals surface area contributed by atoms with Crippen LogP contribution in [0.15, 0.2) is 36.5 Å². The van der Waals surface area contributed by atoms with Crippen molar-refractivity contribution in [3.05, 3.63) is 36.5 Å². The molecule has 0 aliphatic rings. The summed E-state index contributed by atoms with van der Waals surface area (Å²) in [6, 6.07) is 9.31. The third-order valence-corrected chi connectivity index (χ3v) is 2.33. The van der Waals surface area contributed by atoms with Crippen molar-refractivity contribution in [2.75, 3.05) is 18.5 Å². The number of carboxylic acid groups (broad SMARTS) is 1. The molecule has 2 N–H and O–H groups in total. The van der Waals surface area contributed by atoms with Gasteiger partial charge in [0.05, 0.1) is 17.4 Å². The molecule has 0 saturated carbocycles. The molecule has 98 valence electrons. The van der Waals surface area contributed by atoms with Crippen LogP contribution in [0.1, 0.15) is 0 Å². The summed E-state index contributed by atoms with van der Waals surface area (Å²) in [5.41, 5.74) is 1.38.